The molecule has 5 aromatic rings. The lowest BCUT2D eigenvalue weighted by Crippen LogP contribution is -2.04. The summed E-state index contributed by atoms with van der Waals surface area (Å²) in [5.74, 6) is -0.689. The Kier molecular flexibility index (Phi) is 5.17. The molecule has 12 heteroatoms. The van der Waals surface area contributed by atoms with Crippen LogP contribution >= 0.6 is 0 Å². The fourth-order valence-corrected chi connectivity index (χ4v) is 3.25. The minimum absolute atomic E-state index is 0.0726. The van der Waals surface area contributed by atoms with Crippen molar-refractivity contribution < 1.29 is 17.6 Å². The molecule has 0 aliphatic rings. The molecule has 0 aliphatic carbocycles. The second kappa shape index (κ2) is 8.30. The molecule has 5 rings (SSSR count). The van der Waals surface area contributed by atoms with Gasteiger partial charge in [-0.3, -0.25) is 0 Å². The topological polar surface area (TPSA) is 107 Å². The van der Waals surface area contributed by atoms with Crippen LogP contribution in [0.25, 0.3) is 33.7 Å². The number of tetrazole rings is 1. The van der Waals surface area contributed by atoms with Crippen LogP contribution in [0.4, 0.5) is 19.0 Å². The monoisotopic (exact) mass is 452 g/mol. The van der Waals surface area contributed by atoms with Gasteiger partial charge in [-0.15, -0.1) is 20.4 Å². The van der Waals surface area contributed by atoms with Crippen LogP contribution in [0.1, 0.15) is 17.9 Å². The second-order valence-electron chi connectivity index (χ2n) is 7.06. The van der Waals surface area contributed by atoms with E-state index in [0.717, 1.165) is 22.3 Å². The number of rotatable bonds is 6. The summed E-state index contributed by atoms with van der Waals surface area (Å²) in [7, 11) is 1.80. The standard InChI is InChI=1S/C21H15F3N8O/c1-25-17-7-4-12-9-13(3-6-16(12)26-17)19-27-31-32(30-19)10-11-2-5-14(15(22)8-11)20-28-29-21(33-20)18(23)24/h2-9,18H,10H2,1H3,(H,25,26). The van der Waals surface area contributed by atoms with E-state index < -0.39 is 18.1 Å². The first-order valence-corrected chi connectivity index (χ1v) is 9.77. The van der Waals surface area contributed by atoms with E-state index in [1.165, 1.54) is 16.9 Å². The van der Waals surface area contributed by atoms with Gasteiger partial charge in [-0.25, -0.2) is 9.37 Å². The van der Waals surface area contributed by atoms with Gasteiger partial charge in [0.1, 0.15) is 11.6 Å². The van der Waals surface area contributed by atoms with Gasteiger partial charge < -0.3 is 9.73 Å². The zero-order valence-corrected chi connectivity index (χ0v) is 17.1. The predicted molar refractivity (Wildman–Crippen MR) is 112 cm³/mol. The van der Waals surface area contributed by atoms with Crippen LogP contribution in [-0.4, -0.2) is 42.4 Å². The van der Waals surface area contributed by atoms with Crippen LogP contribution in [-0.2, 0) is 6.54 Å². The summed E-state index contributed by atoms with van der Waals surface area (Å²) in [5, 5.41) is 23.1. The van der Waals surface area contributed by atoms with Crippen molar-refractivity contribution in [2.45, 2.75) is 13.0 Å². The molecule has 1 N–H and O–H groups in total. The third kappa shape index (κ3) is 4.10. The number of fused-ring (bicyclic) bond motifs is 1. The maximum atomic E-state index is 14.5. The second-order valence-corrected chi connectivity index (χ2v) is 7.06. The molecule has 0 amide bonds. The zero-order valence-electron chi connectivity index (χ0n) is 17.1. The van der Waals surface area contributed by atoms with E-state index >= 15 is 0 Å². The van der Waals surface area contributed by atoms with Gasteiger partial charge in [-0.05, 0) is 53.2 Å². The van der Waals surface area contributed by atoms with E-state index in [2.05, 4.69) is 35.9 Å². The quantitative estimate of drug-likeness (QED) is 0.410. The molecule has 3 heterocycles. The number of hydrogen-bond acceptors (Lipinski definition) is 8. The summed E-state index contributed by atoms with van der Waals surface area (Å²) in [6, 6.07) is 13.6. The number of pyridine rings is 1. The number of nitrogens with zero attached hydrogens (tertiary/aromatic N) is 7. The molecule has 0 spiro atoms. The molecule has 0 saturated carbocycles. The van der Waals surface area contributed by atoms with E-state index in [0.29, 0.717) is 11.4 Å². The summed E-state index contributed by atoms with van der Waals surface area (Å²) in [5.41, 5.74) is 2.06. The van der Waals surface area contributed by atoms with Crippen LogP contribution in [0, 0.1) is 5.82 Å². The Bertz CT molecular complexity index is 1450. The van der Waals surface area contributed by atoms with Crippen molar-refractivity contribution in [3.63, 3.8) is 0 Å². The fourth-order valence-electron chi connectivity index (χ4n) is 3.25. The van der Waals surface area contributed by atoms with E-state index in [4.69, 9.17) is 4.42 Å². The molecular formula is C21H15F3N8O. The lowest BCUT2D eigenvalue weighted by molar-refractivity contribution is 0.116. The van der Waals surface area contributed by atoms with Crippen molar-refractivity contribution in [3.05, 3.63) is 65.8 Å². The van der Waals surface area contributed by atoms with Crippen LogP contribution in [0.5, 0.6) is 0 Å². The van der Waals surface area contributed by atoms with Crippen molar-refractivity contribution in [3.8, 4) is 22.8 Å². The molecule has 33 heavy (non-hydrogen) atoms. The first-order chi connectivity index (χ1) is 16.0. The molecule has 0 fully saturated rings. The molecule has 0 atom stereocenters. The van der Waals surface area contributed by atoms with Gasteiger partial charge in [0, 0.05) is 18.0 Å². The van der Waals surface area contributed by atoms with Crippen molar-refractivity contribution in [2.75, 3.05) is 12.4 Å². The van der Waals surface area contributed by atoms with Crippen molar-refractivity contribution >= 4 is 16.7 Å². The first-order valence-electron chi connectivity index (χ1n) is 9.77. The summed E-state index contributed by atoms with van der Waals surface area (Å²) < 4.78 is 44.6. The Hall–Kier alpha value is -4.35. The minimum Gasteiger partial charge on any atom is -0.415 e. The largest absolute Gasteiger partial charge is 0.415 e. The number of halogens is 3. The van der Waals surface area contributed by atoms with Gasteiger partial charge in [-0.2, -0.15) is 13.6 Å². The normalized spacial score (nSPS) is 11.4. The Morgan fingerprint density at radius 2 is 1.91 bits per heavy atom. The Morgan fingerprint density at radius 1 is 1.03 bits per heavy atom. The minimum atomic E-state index is -2.93. The molecule has 9 nitrogen and oxygen atoms in total. The highest BCUT2D eigenvalue weighted by atomic mass is 19.3. The highest BCUT2D eigenvalue weighted by Gasteiger charge is 2.19. The van der Waals surface area contributed by atoms with Gasteiger partial charge in [0.25, 0.3) is 11.8 Å². The molecule has 0 unspecified atom stereocenters. The Morgan fingerprint density at radius 3 is 2.67 bits per heavy atom. The van der Waals surface area contributed by atoms with Gasteiger partial charge in [0.05, 0.1) is 17.6 Å². The first kappa shape index (κ1) is 20.5. The summed E-state index contributed by atoms with van der Waals surface area (Å²) in [6.45, 7) is 0.150. The fraction of sp³-hybridized carbons (Fsp3) is 0.143. The number of aromatic nitrogens is 7. The maximum absolute atomic E-state index is 14.5. The molecule has 2 aromatic carbocycles. The van der Waals surface area contributed by atoms with E-state index in [1.807, 2.05) is 30.3 Å². The highest BCUT2D eigenvalue weighted by molar-refractivity contribution is 5.84. The van der Waals surface area contributed by atoms with Gasteiger partial charge >= 0.3 is 6.43 Å². The van der Waals surface area contributed by atoms with E-state index in [-0.39, 0.29) is 18.0 Å². The Labute approximate surface area is 184 Å². The van der Waals surface area contributed by atoms with Crippen LogP contribution in [0.15, 0.2) is 52.9 Å². The SMILES string of the molecule is CNc1ccc2cc(-c3nnn(Cc4ccc(-c5nnc(C(F)F)o5)c(F)c4)n3)ccc2n1. The predicted octanol–water partition coefficient (Wildman–Crippen LogP) is 4.11. The average molecular weight is 452 g/mol. The van der Waals surface area contributed by atoms with Crippen molar-refractivity contribution in [2.24, 2.45) is 0 Å². The molecule has 0 radical (unpaired) electrons. The lowest BCUT2D eigenvalue weighted by Gasteiger charge is -2.04. The van der Waals surface area contributed by atoms with Gasteiger partial charge in [0.2, 0.25) is 5.82 Å². The van der Waals surface area contributed by atoms with Crippen molar-refractivity contribution in [1.29, 1.82) is 0 Å². The van der Waals surface area contributed by atoms with Crippen LogP contribution in [0.3, 0.4) is 0 Å². The number of hydrogen-bond donors (Lipinski definition) is 1. The average Bonchev–Trinajstić information content (AvgIpc) is 3.49. The molecule has 3 aromatic heterocycles. The van der Waals surface area contributed by atoms with Crippen LogP contribution < -0.4 is 5.32 Å². The third-order valence-electron chi connectivity index (χ3n) is 4.87. The van der Waals surface area contributed by atoms with Crippen LogP contribution in [0.2, 0.25) is 0 Å². The number of alkyl halides is 2. The van der Waals surface area contributed by atoms with Gasteiger partial charge in [0.15, 0.2) is 0 Å². The molecule has 166 valence electrons. The maximum Gasteiger partial charge on any atom is 0.314 e. The molecule has 0 bridgehead atoms. The van der Waals surface area contributed by atoms with E-state index in [1.54, 1.807) is 13.1 Å². The lowest BCUT2D eigenvalue weighted by atomic mass is 10.1. The summed E-state index contributed by atoms with van der Waals surface area (Å²) in [4.78, 5) is 5.81. The van der Waals surface area contributed by atoms with Crippen molar-refractivity contribution in [1.82, 2.24) is 35.4 Å². The van der Waals surface area contributed by atoms with Gasteiger partial charge in [-0.1, -0.05) is 6.07 Å². The summed E-state index contributed by atoms with van der Waals surface area (Å²) in [6.07, 6.45) is -2.93. The number of anilines is 1. The smallest absolute Gasteiger partial charge is 0.314 e. The molecule has 0 aliphatic heterocycles. The zero-order chi connectivity index (χ0) is 22.9. The molecule has 0 saturated heterocycles. The highest BCUT2D eigenvalue weighted by Crippen LogP contribution is 2.26. The molecular weight excluding hydrogens is 437 g/mol. The summed E-state index contributed by atoms with van der Waals surface area (Å²) >= 11 is 0. The number of benzene rings is 2. The Balaban J connectivity index is 1.35. The number of nitrogens with one attached hydrogen (secondary N) is 1. The third-order valence-corrected chi connectivity index (χ3v) is 4.87. The van der Waals surface area contributed by atoms with E-state index in [9.17, 15) is 13.2 Å².